The highest BCUT2D eigenvalue weighted by Gasteiger charge is 2.61. The van der Waals surface area contributed by atoms with Gasteiger partial charge in [0.2, 0.25) is 0 Å². The number of cyclic esters (lactones) is 2. The summed E-state index contributed by atoms with van der Waals surface area (Å²) in [7, 11) is 0. The fraction of sp³-hybridized carbons (Fsp3) is 0.333. The number of esters is 2. The lowest BCUT2D eigenvalue weighted by Crippen LogP contribution is -2.54. The van der Waals surface area contributed by atoms with Crippen LogP contribution in [0.25, 0.3) is 0 Å². The molecule has 1 spiro atoms. The van der Waals surface area contributed by atoms with Crippen molar-refractivity contribution in [2.75, 3.05) is 0 Å². The number of hydrogen-bond donors (Lipinski definition) is 0. The molecule has 0 radical (unpaired) electrons. The fourth-order valence-electron chi connectivity index (χ4n) is 3.05. The summed E-state index contributed by atoms with van der Waals surface area (Å²) < 4.78 is 10.7. The quantitative estimate of drug-likeness (QED) is 0.591. The topological polar surface area (TPSA) is 52.6 Å². The first-order chi connectivity index (χ1) is 10.3. The van der Waals surface area contributed by atoms with Gasteiger partial charge in [0.05, 0.1) is 0 Å². The first-order valence-electron chi connectivity index (χ1n) is 7.18. The average Bonchev–Trinajstić information content (AvgIpc) is 2.76. The number of ether oxygens (including phenoxy) is 2. The zero-order valence-corrected chi connectivity index (χ0v) is 12.9. The smallest absolute Gasteiger partial charge is 0.331 e. The van der Waals surface area contributed by atoms with Gasteiger partial charge in [-0.05, 0) is 18.1 Å². The van der Waals surface area contributed by atoms with Gasteiger partial charge in [-0.3, -0.25) is 9.59 Å². The van der Waals surface area contributed by atoms with E-state index in [1.165, 1.54) is 0 Å². The van der Waals surface area contributed by atoms with E-state index in [0.717, 1.165) is 11.1 Å². The maximum atomic E-state index is 12.6. The molecule has 4 heteroatoms. The molecule has 1 unspecified atom stereocenters. The van der Waals surface area contributed by atoms with Gasteiger partial charge in [-0.2, -0.15) is 0 Å². The number of carbonyl (C=O) groups excluding carboxylic acids is 2. The van der Waals surface area contributed by atoms with E-state index >= 15 is 0 Å². The van der Waals surface area contributed by atoms with Crippen molar-refractivity contribution >= 4 is 11.9 Å². The molecule has 1 aromatic rings. The Hall–Kier alpha value is -2.36. The summed E-state index contributed by atoms with van der Waals surface area (Å²) in [5.74, 6) is -2.91. The predicted octanol–water partition coefficient (Wildman–Crippen LogP) is 3.03. The van der Waals surface area contributed by atoms with Crippen LogP contribution in [0.5, 0.6) is 0 Å². The second kappa shape index (κ2) is 4.57. The Labute approximate surface area is 129 Å². The standard InChI is InChI=1S/C18H18O4/c1-11-5-7-13(8-6-11)14-12(2)9-10-18(14)15(19)21-17(3,4)22-16(18)20/h5-10,14H,2H2,1,3-4H3. The summed E-state index contributed by atoms with van der Waals surface area (Å²) in [6.07, 6.45) is 3.26. The fourth-order valence-corrected chi connectivity index (χ4v) is 3.05. The number of benzene rings is 1. The third-order valence-corrected chi connectivity index (χ3v) is 4.15. The van der Waals surface area contributed by atoms with Gasteiger partial charge in [-0.1, -0.05) is 48.6 Å². The molecule has 3 rings (SSSR count). The minimum atomic E-state index is -1.47. The van der Waals surface area contributed by atoms with Crippen LogP contribution < -0.4 is 0 Å². The lowest BCUT2D eigenvalue weighted by Gasteiger charge is -2.40. The van der Waals surface area contributed by atoms with Crippen LogP contribution in [0.15, 0.2) is 48.6 Å². The summed E-state index contributed by atoms with van der Waals surface area (Å²) in [6.45, 7) is 9.06. The van der Waals surface area contributed by atoms with Crippen LogP contribution in [0.3, 0.4) is 0 Å². The van der Waals surface area contributed by atoms with Crippen molar-refractivity contribution in [3.8, 4) is 0 Å². The lowest BCUT2D eigenvalue weighted by molar-refractivity contribution is -0.247. The molecule has 22 heavy (non-hydrogen) atoms. The lowest BCUT2D eigenvalue weighted by atomic mass is 9.72. The molecule has 2 aliphatic rings. The van der Waals surface area contributed by atoms with E-state index in [-0.39, 0.29) is 0 Å². The third-order valence-electron chi connectivity index (χ3n) is 4.15. The van der Waals surface area contributed by atoms with Crippen molar-refractivity contribution in [3.05, 3.63) is 59.7 Å². The first-order valence-corrected chi connectivity index (χ1v) is 7.18. The number of aryl methyl sites for hydroxylation is 1. The Morgan fingerprint density at radius 3 is 2.14 bits per heavy atom. The molecular weight excluding hydrogens is 280 g/mol. The van der Waals surface area contributed by atoms with Gasteiger partial charge in [0, 0.05) is 19.8 Å². The van der Waals surface area contributed by atoms with E-state index in [0.29, 0.717) is 5.57 Å². The molecule has 0 amide bonds. The largest absolute Gasteiger partial charge is 0.422 e. The Morgan fingerprint density at radius 1 is 1.05 bits per heavy atom. The molecule has 1 heterocycles. The van der Waals surface area contributed by atoms with E-state index in [9.17, 15) is 9.59 Å². The van der Waals surface area contributed by atoms with Crippen LogP contribution in [0, 0.1) is 12.3 Å². The Kier molecular flexibility index (Phi) is 3.02. The predicted molar refractivity (Wildman–Crippen MR) is 80.9 cm³/mol. The van der Waals surface area contributed by atoms with Gasteiger partial charge in [0.25, 0.3) is 5.79 Å². The van der Waals surface area contributed by atoms with Crippen molar-refractivity contribution in [2.24, 2.45) is 5.41 Å². The Morgan fingerprint density at radius 2 is 1.59 bits per heavy atom. The molecule has 4 nitrogen and oxygen atoms in total. The van der Waals surface area contributed by atoms with Crippen molar-refractivity contribution in [2.45, 2.75) is 32.5 Å². The van der Waals surface area contributed by atoms with Gasteiger partial charge in [0.15, 0.2) is 5.41 Å². The van der Waals surface area contributed by atoms with E-state index in [1.54, 1.807) is 26.0 Å². The number of carbonyl (C=O) groups is 2. The molecule has 0 N–H and O–H groups in total. The maximum Gasteiger partial charge on any atom is 0.331 e. The monoisotopic (exact) mass is 298 g/mol. The van der Waals surface area contributed by atoms with Gasteiger partial charge in [-0.15, -0.1) is 0 Å². The highest BCUT2D eigenvalue weighted by atomic mass is 16.7. The molecule has 0 saturated carbocycles. The van der Waals surface area contributed by atoms with Crippen molar-refractivity contribution in [3.63, 3.8) is 0 Å². The van der Waals surface area contributed by atoms with Crippen LogP contribution in [0.2, 0.25) is 0 Å². The Bertz CT molecular complexity index is 674. The van der Waals surface area contributed by atoms with Crippen LogP contribution in [-0.2, 0) is 19.1 Å². The van der Waals surface area contributed by atoms with Gasteiger partial charge >= 0.3 is 11.9 Å². The summed E-state index contributed by atoms with van der Waals surface area (Å²) in [4.78, 5) is 25.3. The number of allylic oxidation sites excluding steroid dienone is 2. The van der Waals surface area contributed by atoms with Crippen LogP contribution >= 0.6 is 0 Å². The maximum absolute atomic E-state index is 12.6. The van der Waals surface area contributed by atoms with Crippen LogP contribution in [0.4, 0.5) is 0 Å². The number of hydrogen-bond acceptors (Lipinski definition) is 4. The molecule has 1 aliphatic heterocycles. The average molecular weight is 298 g/mol. The summed E-state index contributed by atoms with van der Waals surface area (Å²) in [6, 6.07) is 7.69. The summed E-state index contributed by atoms with van der Waals surface area (Å²) in [5, 5.41) is 0. The molecule has 0 bridgehead atoms. The van der Waals surface area contributed by atoms with Crippen molar-refractivity contribution in [1.82, 2.24) is 0 Å². The zero-order chi connectivity index (χ0) is 16.1. The second-order valence-corrected chi connectivity index (χ2v) is 6.30. The van der Waals surface area contributed by atoms with Crippen LogP contribution in [-0.4, -0.2) is 17.7 Å². The van der Waals surface area contributed by atoms with Crippen molar-refractivity contribution < 1.29 is 19.1 Å². The second-order valence-electron chi connectivity index (χ2n) is 6.30. The van der Waals surface area contributed by atoms with Crippen molar-refractivity contribution in [1.29, 1.82) is 0 Å². The number of rotatable bonds is 1. The first kappa shape index (κ1) is 14.6. The Balaban J connectivity index is 2.10. The van der Waals surface area contributed by atoms with E-state index < -0.39 is 29.1 Å². The minimum Gasteiger partial charge on any atom is -0.422 e. The molecule has 1 fully saturated rings. The molecule has 1 aromatic carbocycles. The molecule has 114 valence electrons. The van der Waals surface area contributed by atoms with E-state index in [1.807, 2.05) is 31.2 Å². The van der Waals surface area contributed by atoms with E-state index in [2.05, 4.69) is 6.58 Å². The van der Waals surface area contributed by atoms with E-state index in [4.69, 9.17) is 9.47 Å². The summed E-state index contributed by atoms with van der Waals surface area (Å²) in [5.41, 5.74) is 1.16. The van der Waals surface area contributed by atoms with Gasteiger partial charge < -0.3 is 9.47 Å². The molecular formula is C18H18O4. The third kappa shape index (κ3) is 1.98. The minimum absolute atomic E-state index is 0.496. The molecule has 1 atom stereocenters. The highest BCUT2D eigenvalue weighted by molar-refractivity contribution is 6.06. The summed E-state index contributed by atoms with van der Waals surface area (Å²) >= 11 is 0. The molecule has 1 aliphatic carbocycles. The van der Waals surface area contributed by atoms with Gasteiger partial charge in [-0.25, -0.2) is 0 Å². The highest BCUT2D eigenvalue weighted by Crippen LogP contribution is 2.52. The molecule has 1 saturated heterocycles. The normalized spacial score (nSPS) is 25.2. The SMILES string of the molecule is C=C1C=CC2(C(=O)OC(C)(C)OC2=O)C1c1ccc(C)cc1. The zero-order valence-electron chi connectivity index (χ0n) is 12.9. The molecule has 0 aromatic heterocycles. The van der Waals surface area contributed by atoms with Gasteiger partial charge in [0.1, 0.15) is 0 Å². The van der Waals surface area contributed by atoms with Crippen LogP contribution in [0.1, 0.15) is 30.9 Å².